The van der Waals surface area contributed by atoms with Gasteiger partial charge in [0.15, 0.2) is 31.5 Å². The lowest BCUT2D eigenvalue weighted by Gasteiger charge is -2.49. The van der Waals surface area contributed by atoms with E-state index in [1.165, 1.54) is 0 Å². The lowest BCUT2D eigenvalue weighted by molar-refractivity contribution is -0.388. The van der Waals surface area contributed by atoms with Crippen LogP contribution >= 0.6 is 0 Å². The molecule has 5 heterocycles. The van der Waals surface area contributed by atoms with E-state index in [-0.39, 0.29) is 0 Å². The van der Waals surface area contributed by atoms with Gasteiger partial charge in [-0.3, -0.25) is 4.79 Å². The molecule has 5 aliphatic heterocycles. The zero-order chi connectivity index (χ0) is 52.0. The monoisotopic (exact) mass is 1030 g/mol. The Kier molecular flexibility index (Phi) is 22.1. The Labute approximate surface area is 396 Å². The number of nitrogens with one attached hydrogen (secondary N) is 1. The highest BCUT2D eigenvalue weighted by molar-refractivity contribution is 5.73. The second-order valence-corrected chi connectivity index (χ2v) is 17.3. The van der Waals surface area contributed by atoms with Gasteiger partial charge in [-0.15, -0.1) is 0 Å². The van der Waals surface area contributed by atoms with Gasteiger partial charge in [-0.25, -0.2) is 0 Å². The van der Waals surface area contributed by atoms with Crippen molar-refractivity contribution in [1.82, 2.24) is 5.32 Å². The summed E-state index contributed by atoms with van der Waals surface area (Å²) in [5, 5.41) is 212. The fourth-order valence-electron chi connectivity index (χ4n) is 8.40. The van der Waals surface area contributed by atoms with Gasteiger partial charge in [0.1, 0.15) is 146 Å². The normalized spacial score (nSPS) is 46.7. The van der Waals surface area contributed by atoms with Crippen molar-refractivity contribution in [3.05, 3.63) is 0 Å². The lowest BCUT2D eigenvalue weighted by Crippen LogP contribution is -2.68. The molecule has 0 aromatic heterocycles. The van der Waals surface area contributed by atoms with Crippen molar-refractivity contribution in [1.29, 1.82) is 0 Å². The van der Waals surface area contributed by atoms with E-state index in [4.69, 9.17) is 47.4 Å². The van der Waals surface area contributed by atoms with Crippen LogP contribution in [0, 0.1) is 0 Å². The predicted octanol–water partition coefficient (Wildman–Crippen LogP) is -14.3. The molecule has 29 atom stereocenters. The summed E-state index contributed by atoms with van der Waals surface area (Å²) in [6.07, 6.45) is -55.3. The molecule has 0 unspecified atom stereocenters. The molecule has 410 valence electrons. The van der Waals surface area contributed by atoms with Crippen LogP contribution in [0.2, 0.25) is 0 Å². The third kappa shape index (κ3) is 13.0. The molecule has 1 amide bonds. The van der Waals surface area contributed by atoms with Gasteiger partial charge in [-0.05, 0) is 0 Å². The van der Waals surface area contributed by atoms with Crippen LogP contribution < -0.4 is 5.32 Å². The Bertz CT molecular complexity index is 1580. The number of ether oxygens (including phenoxy) is 10. The van der Waals surface area contributed by atoms with Crippen LogP contribution in [-0.2, 0) is 52.2 Å². The maximum Gasteiger partial charge on any atom is 0.217 e. The summed E-state index contributed by atoms with van der Waals surface area (Å²) in [4.78, 5) is 12.4. The largest absolute Gasteiger partial charge is 0.394 e. The Hall–Kier alpha value is -1.73. The van der Waals surface area contributed by atoms with E-state index < -0.39 is 230 Å². The highest BCUT2D eigenvalue weighted by Crippen LogP contribution is 2.35. The van der Waals surface area contributed by atoms with Crippen molar-refractivity contribution in [3.8, 4) is 0 Å². The van der Waals surface area contributed by atoms with Crippen LogP contribution in [0.3, 0.4) is 0 Å². The standard InChI is InChI=1S/C38H67NO31/c1-9(46)39-17-23(54)31(68-35-26(57)24(55)19(50)12(4-42)62-35)15(7-45)65-34(17)61-8-16-22(53)33(69-36-27(58)25(56)20(51)13(5-43)63-36)29(60)38(66-16)70-32-21(52)14(6-44)64-37(28(32)59)67-30(11(48)3-41)18(49)10(47)2-40/h10-38,40-45,47-60H,2-8H2,1H3,(H,39,46)/t10-,11+,12+,13+,14+,15+,16+,17+,18+,19-,20-,21-,22-,23+,24-,25-,26+,27+,28+,29+,30+,31+,32-,33-,34+,35-,36-,37-,38-/m0/s1. The summed E-state index contributed by atoms with van der Waals surface area (Å²) in [5.74, 6) is -0.817. The van der Waals surface area contributed by atoms with E-state index >= 15 is 0 Å². The number of carbonyl (C=O) groups is 1. The first-order valence-electron chi connectivity index (χ1n) is 22.0. The molecule has 5 saturated heterocycles. The molecule has 0 aromatic rings. The fourth-order valence-corrected chi connectivity index (χ4v) is 8.40. The smallest absolute Gasteiger partial charge is 0.217 e. The molecule has 5 fully saturated rings. The second-order valence-electron chi connectivity index (χ2n) is 17.3. The van der Waals surface area contributed by atoms with Gasteiger partial charge >= 0.3 is 0 Å². The summed E-state index contributed by atoms with van der Waals surface area (Å²) in [5.41, 5.74) is 0. The Morgan fingerprint density at radius 3 is 1.33 bits per heavy atom. The molecule has 0 radical (unpaired) electrons. The second kappa shape index (κ2) is 26.2. The fraction of sp³-hybridized carbons (Fsp3) is 0.974. The van der Waals surface area contributed by atoms with Gasteiger partial charge in [-0.1, -0.05) is 0 Å². The minimum atomic E-state index is -2.31. The summed E-state index contributed by atoms with van der Waals surface area (Å²) >= 11 is 0. The maximum atomic E-state index is 12.4. The summed E-state index contributed by atoms with van der Waals surface area (Å²) in [7, 11) is 0. The SMILES string of the molecule is CC(=O)N[C@H]1[C@H](OC[C@H]2O[C@@H](O[C@H]3[C@@H](O)[C@@H](CO)O[C@@H](O[C@@H]([C@H](O)[C@@H](O)CO)[C@H](O)CO)[C@@H]3O)[C@H](O)[C@@H](O[C@@H]3O[C@H](CO)[C@H](O)[C@H](O)[C@H]3O)[C@H]2O)O[C@H](CO)[C@@H](O[C@@H]2O[C@H](CO)[C@H](O)[C@H](O)[C@H]2O)[C@@H]1O. The molecule has 0 saturated carbocycles. The maximum absolute atomic E-state index is 12.4. The zero-order valence-electron chi connectivity index (χ0n) is 37.1. The molecular formula is C38H67NO31. The van der Waals surface area contributed by atoms with Crippen molar-refractivity contribution in [2.24, 2.45) is 0 Å². The van der Waals surface area contributed by atoms with Crippen LogP contribution in [0.25, 0.3) is 0 Å². The predicted molar refractivity (Wildman–Crippen MR) is 213 cm³/mol. The third-order valence-corrected chi connectivity index (χ3v) is 12.5. The van der Waals surface area contributed by atoms with Gasteiger partial charge < -0.3 is 155 Å². The molecule has 21 N–H and O–H groups in total. The molecule has 32 heteroatoms. The van der Waals surface area contributed by atoms with Crippen LogP contribution in [-0.4, -0.2) is 332 Å². The molecule has 5 aliphatic rings. The summed E-state index contributed by atoms with van der Waals surface area (Å²) < 4.78 is 56.4. The average molecular weight is 1030 g/mol. The highest BCUT2D eigenvalue weighted by Gasteiger charge is 2.56. The van der Waals surface area contributed by atoms with Crippen molar-refractivity contribution < 1.29 is 154 Å². The number of aliphatic hydroxyl groups excluding tert-OH is 20. The van der Waals surface area contributed by atoms with E-state index in [0.29, 0.717) is 0 Å². The average Bonchev–Trinajstić information content (AvgIpc) is 3.34. The van der Waals surface area contributed by atoms with Crippen LogP contribution in [0.15, 0.2) is 0 Å². The molecule has 5 rings (SSSR count). The third-order valence-electron chi connectivity index (χ3n) is 12.5. The van der Waals surface area contributed by atoms with Gasteiger partial charge in [0.05, 0.1) is 46.2 Å². The van der Waals surface area contributed by atoms with Crippen molar-refractivity contribution >= 4 is 5.91 Å². The molecular weight excluding hydrogens is 966 g/mol. The Morgan fingerprint density at radius 1 is 0.457 bits per heavy atom. The first-order valence-corrected chi connectivity index (χ1v) is 22.0. The Morgan fingerprint density at radius 2 is 0.857 bits per heavy atom. The van der Waals surface area contributed by atoms with Crippen molar-refractivity contribution in [2.45, 2.75) is 185 Å². The minimum absolute atomic E-state index is 0.817. The highest BCUT2D eigenvalue weighted by atomic mass is 16.8. The number of hydrogen-bond donors (Lipinski definition) is 21. The number of amides is 1. The van der Waals surface area contributed by atoms with E-state index in [0.717, 1.165) is 6.92 Å². The van der Waals surface area contributed by atoms with Crippen LogP contribution in [0.5, 0.6) is 0 Å². The van der Waals surface area contributed by atoms with Gasteiger partial charge in [0.25, 0.3) is 0 Å². The molecule has 0 spiro atoms. The van der Waals surface area contributed by atoms with Gasteiger partial charge in [-0.2, -0.15) is 0 Å². The summed E-state index contributed by atoms with van der Waals surface area (Å²) in [6, 6.07) is -1.68. The number of rotatable bonds is 21. The Balaban J connectivity index is 1.43. The first kappa shape index (κ1) is 59.2. The van der Waals surface area contributed by atoms with E-state index in [1.54, 1.807) is 0 Å². The van der Waals surface area contributed by atoms with E-state index in [9.17, 15) is 107 Å². The molecule has 70 heavy (non-hydrogen) atoms. The quantitative estimate of drug-likeness (QED) is 0.0507. The van der Waals surface area contributed by atoms with Gasteiger partial charge in [0.2, 0.25) is 5.91 Å². The van der Waals surface area contributed by atoms with E-state index in [2.05, 4.69) is 5.32 Å². The van der Waals surface area contributed by atoms with Crippen LogP contribution in [0.4, 0.5) is 0 Å². The molecule has 0 aromatic carbocycles. The van der Waals surface area contributed by atoms with E-state index in [1.807, 2.05) is 0 Å². The van der Waals surface area contributed by atoms with Gasteiger partial charge in [0, 0.05) is 6.92 Å². The number of hydrogen-bond acceptors (Lipinski definition) is 31. The van der Waals surface area contributed by atoms with Crippen molar-refractivity contribution in [3.63, 3.8) is 0 Å². The van der Waals surface area contributed by atoms with Crippen molar-refractivity contribution in [2.75, 3.05) is 46.2 Å². The lowest BCUT2D eigenvalue weighted by atomic mass is 9.95. The molecule has 0 bridgehead atoms. The first-order chi connectivity index (χ1) is 33.1. The molecule has 32 nitrogen and oxygen atoms in total. The zero-order valence-corrected chi connectivity index (χ0v) is 37.1. The number of carbonyl (C=O) groups excluding carboxylic acids is 1. The minimum Gasteiger partial charge on any atom is -0.394 e. The number of aliphatic hydroxyl groups is 20. The van der Waals surface area contributed by atoms with Crippen LogP contribution in [0.1, 0.15) is 6.92 Å². The molecule has 0 aliphatic carbocycles. The summed E-state index contributed by atoms with van der Waals surface area (Å²) in [6.45, 7) is -5.99. The topological polar surface area (TPSA) is 526 Å².